The highest BCUT2D eigenvalue weighted by Gasteiger charge is 2.04. The van der Waals surface area contributed by atoms with Crippen molar-refractivity contribution in [3.63, 3.8) is 0 Å². The minimum Gasteiger partial charge on any atom is -0.317 e. The largest absolute Gasteiger partial charge is 0.317 e. The maximum absolute atomic E-state index is 10.5. The van der Waals surface area contributed by atoms with Crippen LogP contribution in [0.5, 0.6) is 0 Å². The molecule has 36 valence electrons. The summed E-state index contributed by atoms with van der Waals surface area (Å²) in [4.78, 5) is 0. The number of hydrogen-bond donors (Lipinski definition) is 0. The summed E-state index contributed by atoms with van der Waals surface area (Å²) in [5.74, 6) is 0. The van der Waals surface area contributed by atoms with E-state index in [2.05, 4.69) is 0 Å². The Morgan fingerprint density at radius 2 is 1.67 bits per heavy atom. The summed E-state index contributed by atoms with van der Waals surface area (Å²) < 4.78 is 10.5. The van der Waals surface area contributed by atoms with Crippen molar-refractivity contribution < 1.29 is 4.57 Å². The molecule has 6 heteroatoms. The summed E-state index contributed by atoms with van der Waals surface area (Å²) in [5, 5.41) is 0. The van der Waals surface area contributed by atoms with E-state index in [4.69, 9.17) is 0 Å². The molecule has 0 saturated carbocycles. The summed E-state index contributed by atoms with van der Waals surface area (Å²) in [6, 6.07) is 0. The van der Waals surface area contributed by atoms with Crippen LogP contribution in [0.15, 0.2) is 0 Å². The Hall–Kier alpha value is 1.95. The molecule has 1 aliphatic heterocycles. The lowest BCUT2D eigenvalue weighted by molar-refractivity contribution is 0.603. The first-order valence-electron chi connectivity index (χ1n) is 1.45. The van der Waals surface area contributed by atoms with Crippen LogP contribution in [0, 0.1) is 0 Å². The summed E-state index contributed by atoms with van der Waals surface area (Å²) in [5.41, 5.74) is 0. The van der Waals surface area contributed by atoms with Gasteiger partial charge in [-0.15, -0.1) is 0 Å². The van der Waals surface area contributed by atoms with Crippen LogP contribution in [0.25, 0.3) is 0 Å². The molecule has 0 radical (unpaired) electrons. The molecule has 0 N–H and O–H groups in total. The molecular formula is H5OP5. The molecule has 0 bridgehead atoms. The Labute approximate surface area is 44.2 Å². The topological polar surface area (TPSA) is 17.1 Å². The molecule has 1 nitrogen and oxygen atoms in total. The van der Waals surface area contributed by atoms with Crippen LogP contribution in [0.3, 0.4) is 0 Å². The maximum Gasteiger partial charge on any atom is 0.118 e. The Morgan fingerprint density at radius 1 is 1.17 bits per heavy atom. The SMILES string of the molecule is O=[PH]1PPPP1. The zero-order valence-corrected chi connectivity index (χ0v) is 7.91. The quantitative estimate of drug-likeness (QED) is 0.518. The first-order valence-corrected chi connectivity index (χ1v) is 11.9. The van der Waals surface area contributed by atoms with Gasteiger partial charge in [0.1, 0.15) is 7.18 Å². The van der Waals surface area contributed by atoms with E-state index in [1.165, 1.54) is 0 Å². The third-order valence-corrected chi connectivity index (χ3v) is 28.1. The molecule has 0 aromatic carbocycles. The highest BCUT2D eigenvalue weighted by Crippen LogP contribution is 2.90. The van der Waals surface area contributed by atoms with Gasteiger partial charge in [0.25, 0.3) is 0 Å². The molecular weight excluding hydrogens is 171 g/mol. The van der Waals surface area contributed by atoms with E-state index in [0.717, 1.165) is 31.8 Å². The van der Waals surface area contributed by atoms with Gasteiger partial charge in [-0.05, 0) is 15.9 Å². The fraction of sp³-hybridized carbons (Fsp3) is 0. The van der Waals surface area contributed by atoms with Gasteiger partial charge < -0.3 is 4.57 Å². The average molecular weight is 176 g/mol. The third kappa shape index (κ3) is 1.82. The highest BCUT2D eigenvalue weighted by atomic mass is 33.0. The monoisotopic (exact) mass is 176 g/mol. The van der Waals surface area contributed by atoms with Gasteiger partial charge in [-0.2, -0.15) is 0 Å². The zero-order chi connectivity index (χ0) is 4.41. The molecule has 0 spiro atoms. The first kappa shape index (κ1) is 6.08. The number of hydrogen-bond acceptors (Lipinski definition) is 1. The lowest BCUT2D eigenvalue weighted by Gasteiger charge is -1.73. The van der Waals surface area contributed by atoms with Crippen molar-refractivity contribution in [3.8, 4) is 0 Å². The van der Waals surface area contributed by atoms with Crippen molar-refractivity contribution in [2.75, 3.05) is 0 Å². The van der Waals surface area contributed by atoms with Crippen molar-refractivity contribution >= 4 is 39.0 Å². The highest BCUT2D eigenvalue weighted by molar-refractivity contribution is 8.93. The molecule has 6 heavy (non-hydrogen) atoms. The Morgan fingerprint density at radius 3 is 1.83 bits per heavy atom. The van der Waals surface area contributed by atoms with Gasteiger partial charge >= 0.3 is 0 Å². The molecule has 1 heterocycles. The van der Waals surface area contributed by atoms with E-state index in [1.807, 2.05) is 0 Å². The summed E-state index contributed by atoms with van der Waals surface area (Å²) in [6.45, 7) is 0. The normalized spacial score (nSPS) is 50.3. The molecule has 1 saturated heterocycles. The third-order valence-electron chi connectivity index (χ3n) is 0.415. The van der Waals surface area contributed by atoms with Gasteiger partial charge in [0.2, 0.25) is 0 Å². The van der Waals surface area contributed by atoms with E-state index in [9.17, 15) is 4.57 Å². The molecule has 1 rings (SSSR count). The minimum atomic E-state index is -0.927. The fourth-order valence-electron chi connectivity index (χ4n) is 0.207. The standard InChI is InChI=1S/H5OP5/c1-6-4-2-3-5-6/h2-6H. The average Bonchev–Trinajstić information content (AvgIpc) is 1.86. The van der Waals surface area contributed by atoms with Crippen molar-refractivity contribution in [2.45, 2.75) is 0 Å². The number of rotatable bonds is 0. The van der Waals surface area contributed by atoms with Crippen molar-refractivity contribution in [2.24, 2.45) is 0 Å². The maximum atomic E-state index is 10.5. The molecule has 0 aromatic rings. The van der Waals surface area contributed by atoms with Gasteiger partial charge in [0.15, 0.2) is 0 Å². The molecule has 1 aliphatic rings. The Kier molecular flexibility index (Phi) is 3.11. The van der Waals surface area contributed by atoms with Crippen LogP contribution in [0.1, 0.15) is 0 Å². The summed E-state index contributed by atoms with van der Waals surface area (Å²) in [7, 11) is 3.01. The van der Waals surface area contributed by atoms with Crippen LogP contribution >= 0.6 is 39.0 Å². The molecule has 0 aromatic heterocycles. The first-order chi connectivity index (χ1) is 2.89. The van der Waals surface area contributed by atoms with Crippen LogP contribution in [-0.2, 0) is 4.57 Å². The Bertz CT molecular complexity index is 58.3. The van der Waals surface area contributed by atoms with Crippen molar-refractivity contribution in [1.29, 1.82) is 0 Å². The van der Waals surface area contributed by atoms with Crippen molar-refractivity contribution in [3.05, 3.63) is 0 Å². The van der Waals surface area contributed by atoms with Gasteiger partial charge in [0, 0.05) is 0 Å². The lowest BCUT2D eigenvalue weighted by atomic mass is 16.0. The molecule has 0 aliphatic carbocycles. The van der Waals surface area contributed by atoms with E-state index in [1.54, 1.807) is 0 Å². The van der Waals surface area contributed by atoms with E-state index in [-0.39, 0.29) is 0 Å². The summed E-state index contributed by atoms with van der Waals surface area (Å²) in [6.07, 6.45) is 0. The van der Waals surface area contributed by atoms with Gasteiger partial charge in [-0.1, -0.05) is 15.9 Å². The predicted molar refractivity (Wildman–Crippen MR) is 42.3 cm³/mol. The minimum absolute atomic E-state index is 0.881. The van der Waals surface area contributed by atoms with Gasteiger partial charge in [-0.25, -0.2) is 0 Å². The second kappa shape index (κ2) is 3.07. The Balaban J connectivity index is 2.37. The van der Waals surface area contributed by atoms with E-state index < -0.39 is 7.18 Å². The molecule has 4 atom stereocenters. The van der Waals surface area contributed by atoms with Crippen LogP contribution < -0.4 is 0 Å². The molecule has 0 amide bonds. The predicted octanol–water partition coefficient (Wildman–Crippen LogP) is 2.85. The van der Waals surface area contributed by atoms with E-state index >= 15 is 0 Å². The van der Waals surface area contributed by atoms with E-state index in [0.29, 0.717) is 0 Å². The van der Waals surface area contributed by atoms with Crippen LogP contribution in [0.4, 0.5) is 0 Å². The smallest absolute Gasteiger partial charge is 0.118 e. The zero-order valence-electron chi connectivity index (χ0n) is 2.91. The van der Waals surface area contributed by atoms with Crippen LogP contribution in [-0.4, -0.2) is 0 Å². The molecule has 1 fully saturated rings. The molecule has 4 unspecified atom stereocenters. The second-order valence-electron chi connectivity index (χ2n) is 0.829. The lowest BCUT2D eigenvalue weighted by Crippen LogP contribution is -1.01. The van der Waals surface area contributed by atoms with Gasteiger partial charge in [-0.3, -0.25) is 0 Å². The fourth-order valence-corrected chi connectivity index (χ4v) is 42.1. The van der Waals surface area contributed by atoms with Crippen molar-refractivity contribution in [1.82, 2.24) is 0 Å². The summed E-state index contributed by atoms with van der Waals surface area (Å²) >= 11 is 0. The second-order valence-corrected chi connectivity index (χ2v) is 18.7. The van der Waals surface area contributed by atoms with Crippen LogP contribution in [0.2, 0.25) is 0 Å². The van der Waals surface area contributed by atoms with Gasteiger partial charge in [0.05, 0.1) is 0 Å².